The maximum absolute atomic E-state index is 12.2. The summed E-state index contributed by atoms with van der Waals surface area (Å²) in [6.07, 6.45) is 3.25. The average molecular weight is 333 g/mol. The molecule has 1 saturated heterocycles. The number of nitrogens with one attached hydrogen (secondary N) is 1. The minimum absolute atomic E-state index is 0.0488. The summed E-state index contributed by atoms with van der Waals surface area (Å²) in [5.74, 6) is 0.502. The minimum Gasteiger partial charge on any atom is -0.382 e. The van der Waals surface area contributed by atoms with Crippen molar-refractivity contribution >= 4 is 27.4 Å². The van der Waals surface area contributed by atoms with Crippen LogP contribution in [0.3, 0.4) is 0 Å². The molecule has 0 unspecified atom stereocenters. The molecule has 21 heavy (non-hydrogen) atoms. The van der Waals surface area contributed by atoms with E-state index in [9.17, 15) is 8.42 Å². The van der Waals surface area contributed by atoms with E-state index < -0.39 is 10.0 Å². The van der Waals surface area contributed by atoms with Gasteiger partial charge in [-0.3, -0.25) is 0 Å². The molecule has 8 heteroatoms. The molecule has 0 aromatic carbocycles. The first-order chi connectivity index (χ1) is 9.92. The normalized spacial score (nSPS) is 18.0. The zero-order valence-corrected chi connectivity index (χ0v) is 13.6. The van der Waals surface area contributed by atoms with Gasteiger partial charge in [-0.15, -0.1) is 0 Å². The number of nitrogen functional groups attached to an aromatic ring is 1. The van der Waals surface area contributed by atoms with Gasteiger partial charge in [-0.2, -0.15) is 0 Å². The van der Waals surface area contributed by atoms with Gasteiger partial charge in [-0.05, 0) is 44.5 Å². The standard InChI is InChI=1S/C13H21ClN4O2S/c1-2-18-5-3-10(4-6-18)8-17-21(19,20)11-7-12(14)13(15)16-9-11/h7,9-10,17H,2-6,8H2,1H3,(H2,15,16). The molecule has 0 bridgehead atoms. The molecule has 0 amide bonds. The van der Waals surface area contributed by atoms with Gasteiger partial charge in [0.05, 0.1) is 5.02 Å². The molecule has 2 heterocycles. The zero-order valence-electron chi connectivity index (χ0n) is 12.0. The van der Waals surface area contributed by atoms with E-state index in [0.29, 0.717) is 12.5 Å². The molecule has 0 aliphatic carbocycles. The van der Waals surface area contributed by atoms with Gasteiger partial charge in [0.15, 0.2) is 0 Å². The third kappa shape index (κ3) is 4.29. The average Bonchev–Trinajstić information content (AvgIpc) is 2.48. The zero-order chi connectivity index (χ0) is 15.5. The Bertz CT molecular complexity index is 586. The first-order valence-electron chi connectivity index (χ1n) is 7.05. The van der Waals surface area contributed by atoms with Gasteiger partial charge in [-0.1, -0.05) is 18.5 Å². The van der Waals surface area contributed by atoms with E-state index in [-0.39, 0.29) is 15.7 Å². The van der Waals surface area contributed by atoms with Crippen LogP contribution < -0.4 is 10.5 Å². The monoisotopic (exact) mass is 332 g/mol. The van der Waals surface area contributed by atoms with Crippen molar-refractivity contribution in [3.05, 3.63) is 17.3 Å². The number of rotatable bonds is 5. The van der Waals surface area contributed by atoms with Gasteiger partial charge >= 0.3 is 0 Å². The number of aromatic nitrogens is 1. The fraction of sp³-hybridized carbons (Fsp3) is 0.615. The van der Waals surface area contributed by atoms with Crippen LogP contribution in [-0.2, 0) is 10.0 Å². The molecule has 1 aromatic heterocycles. The summed E-state index contributed by atoms with van der Waals surface area (Å²) in [5.41, 5.74) is 5.49. The smallest absolute Gasteiger partial charge is 0.242 e. The number of piperidine rings is 1. The van der Waals surface area contributed by atoms with Crippen molar-refractivity contribution in [1.82, 2.24) is 14.6 Å². The number of pyridine rings is 1. The first-order valence-corrected chi connectivity index (χ1v) is 8.91. The van der Waals surface area contributed by atoms with Crippen molar-refractivity contribution in [2.75, 3.05) is 31.9 Å². The predicted octanol–water partition coefficient (Wildman–Crippen LogP) is 1.33. The molecule has 1 aromatic rings. The number of anilines is 1. The summed E-state index contributed by atoms with van der Waals surface area (Å²) in [6, 6.07) is 1.33. The molecule has 3 N–H and O–H groups in total. The van der Waals surface area contributed by atoms with E-state index >= 15 is 0 Å². The second-order valence-electron chi connectivity index (χ2n) is 5.27. The molecular weight excluding hydrogens is 312 g/mol. The van der Waals surface area contributed by atoms with E-state index in [0.717, 1.165) is 32.5 Å². The van der Waals surface area contributed by atoms with Crippen LogP contribution in [0.25, 0.3) is 0 Å². The van der Waals surface area contributed by atoms with Gasteiger partial charge in [0.2, 0.25) is 10.0 Å². The van der Waals surface area contributed by atoms with E-state index in [1.165, 1.54) is 12.3 Å². The van der Waals surface area contributed by atoms with Crippen LogP contribution in [0.1, 0.15) is 19.8 Å². The highest BCUT2D eigenvalue weighted by molar-refractivity contribution is 7.89. The van der Waals surface area contributed by atoms with Crippen LogP contribution in [0.4, 0.5) is 5.82 Å². The number of hydrogen-bond acceptors (Lipinski definition) is 5. The van der Waals surface area contributed by atoms with Crippen LogP contribution in [-0.4, -0.2) is 44.5 Å². The number of halogens is 1. The van der Waals surface area contributed by atoms with Crippen LogP contribution in [0.2, 0.25) is 5.02 Å². The summed E-state index contributed by atoms with van der Waals surface area (Å²) >= 11 is 5.82. The fourth-order valence-electron chi connectivity index (χ4n) is 2.40. The molecule has 118 valence electrons. The lowest BCUT2D eigenvalue weighted by Crippen LogP contribution is -2.38. The summed E-state index contributed by atoms with van der Waals surface area (Å²) in [6.45, 7) is 5.69. The topological polar surface area (TPSA) is 88.3 Å². The Morgan fingerprint density at radius 2 is 2.14 bits per heavy atom. The van der Waals surface area contributed by atoms with Gasteiger partial charge < -0.3 is 10.6 Å². The SMILES string of the molecule is CCN1CCC(CNS(=O)(=O)c2cnc(N)c(Cl)c2)CC1. The van der Waals surface area contributed by atoms with Crippen molar-refractivity contribution in [3.63, 3.8) is 0 Å². The number of likely N-dealkylation sites (tertiary alicyclic amines) is 1. The van der Waals surface area contributed by atoms with Gasteiger partial charge in [0, 0.05) is 12.7 Å². The van der Waals surface area contributed by atoms with Crippen LogP contribution >= 0.6 is 11.6 Å². The van der Waals surface area contributed by atoms with E-state index in [2.05, 4.69) is 21.5 Å². The molecule has 0 radical (unpaired) electrons. The third-order valence-electron chi connectivity index (χ3n) is 3.87. The molecule has 1 aliphatic heterocycles. The lowest BCUT2D eigenvalue weighted by Gasteiger charge is -2.30. The largest absolute Gasteiger partial charge is 0.382 e. The number of hydrogen-bond donors (Lipinski definition) is 2. The van der Waals surface area contributed by atoms with Crippen LogP contribution in [0.5, 0.6) is 0 Å². The lowest BCUT2D eigenvalue weighted by molar-refractivity contribution is 0.194. The maximum Gasteiger partial charge on any atom is 0.242 e. The summed E-state index contributed by atoms with van der Waals surface area (Å²) in [7, 11) is -3.58. The molecule has 1 aliphatic rings. The van der Waals surface area contributed by atoms with Gasteiger partial charge in [0.25, 0.3) is 0 Å². The van der Waals surface area contributed by atoms with E-state index in [1.807, 2.05) is 0 Å². The van der Waals surface area contributed by atoms with Crippen molar-refractivity contribution in [2.45, 2.75) is 24.7 Å². The molecule has 0 spiro atoms. The van der Waals surface area contributed by atoms with Crippen molar-refractivity contribution in [2.24, 2.45) is 5.92 Å². The Balaban J connectivity index is 1.94. The Morgan fingerprint density at radius 1 is 1.48 bits per heavy atom. The highest BCUT2D eigenvalue weighted by Crippen LogP contribution is 2.21. The van der Waals surface area contributed by atoms with E-state index in [4.69, 9.17) is 17.3 Å². The quantitative estimate of drug-likeness (QED) is 0.849. The minimum atomic E-state index is -3.58. The third-order valence-corrected chi connectivity index (χ3v) is 5.56. The summed E-state index contributed by atoms with van der Waals surface area (Å²) in [5, 5.41) is 0.147. The molecule has 0 saturated carbocycles. The Hall–Kier alpha value is -0.890. The van der Waals surface area contributed by atoms with E-state index in [1.54, 1.807) is 0 Å². The Morgan fingerprint density at radius 3 is 2.71 bits per heavy atom. The van der Waals surface area contributed by atoms with Crippen molar-refractivity contribution < 1.29 is 8.42 Å². The highest BCUT2D eigenvalue weighted by Gasteiger charge is 2.21. The predicted molar refractivity (Wildman–Crippen MR) is 83.7 cm³/mol. The van der Waals surface area contributed by atoms with Crippen molar-refractivity contribution in [1.29, 1.82) is 0 Å². The van der Waals surface area contributed by atoms with Gasteiger partial charge in [0.1, 0.15) is 10.7 Å². The van der Waals surface area contributed by atoms with Crippen molar-refractivity contribution in [3.8, 4) is 0 Å². The van der Waals surface area contributed by atoms with Crippen LogP contribution in [0, 0.1) is 5.92 Å². The molecule has 0 atom stereocenters. The maximum atomic E-state index is 12.2. The highest BCUT2D eigenvalue weighted by atomic mass is 35.5. The number of sulfonamides is 1. The molecular formula is C13H21ClN4O2S. The number of nitrogens with zero attached hydrogens (tertiary/aromatic N) is 2. The van der Waals surface area contributed by atoms with Crippen LogP contribution in [0.15, 0.2) is 17.2 Å². The Kier molecular flexibility index (Phi) is 5.43. The summed E-state index contributed by atoms with van der Waals surface area (Å²) in [4.78, 5) is 6.20. The molecule has 2 rings (SSSR count). The lowest BCUT2D eigenvalue weighted by atomic mass is 9.97. The number of nitrogens with two attached hydrogens (primary N) is 1. The fourth-order valence-corrected chi connectivity index (χ4v) is 3.71. The van der Waals surface area contributed by atoms with Gasteiger partial charge in [-0.25, -0.2) is 18.1 Å². The Labute approximate surface area is 130 Å². The second kappa shape index (κ2) is 6.91. The summed E-state index contributed by atoms with van der Waals surface area (Å²) < 4.78 is 27.0. The molecule has 1 fully saturated rings. The second-order valence-corrected chi connectivity index (χ2v) is 7.44. The first kappa shape index (κ1) is 16.5. The molecule has 6 nitrogen and oxygen atoms in total.